The standard InChI is InChI=1S/C34H37F4N5O2Si/c1-33(2,3)46(5,6)45-29-12-8-11-27(29)40-23-17-26(34(36,37)38)30-28(18-23)41-32(44-30)21-10-7-9-20(15-21)24-14-13-22(35)16-25(24)31-42-39-19-43(31)4/h7,9-10,13-19,27,29,40H,8,11-12H2,1-6H3/t27-,29?/m1/s1. The molecule has 1 aliphatic carbocycles. The van der Waals surface area contributed by atoms with Crippen molar-refractivity contribution in [1.29, 1.82) is 0 Å². The molecule has 6 rings (SSSR count). The van der Waals surface area contributed by atoms with Crippen LogP contribution in [0.4, 0.5) is 23.2 Å². The van der Waals surface area contributed by atoms with Crippen molar-refractivity contribution in [1.82, 2.24) is 19.7 Å². The molecule has 0 aliphatic heterocycles. The van der Waals surface area contributed by atoms with E-state index >= 15 is 0 Å². The Labute approximate surface area is 266 Å². The Balaban J connectivity index is 1.36. The number of nitrogens with zero attached hydrogens (tertiary/aromatic N) is 4. The minimum absolute atomic E-state index is 0.0185. The van der Waals surface area contributed by atoms with Crippen LogP contribution < -0.4 is 5.32 Å². The highest BCUT2D eigenvalue weighted by Gasteiger charge is 2.42. The molecule has 3 aromatic carbocycles. The van der Waals surface area contributed by atoms with Crippen LogP contribution in [-0.2, 0) is 17.6 Å². The summed E-state index contributed by atoms with van der Waals surface area (Å²) in [7, 11) is -0.317. The highest BCUT2D eigenvalue weighted by Crippen LogP contribution is 2.42. The van der Waals surface area contributed by atoms with Crippen molar-refractivity contribution in [3.8, 4) is 34.0 Å². The zero-order valence-corrected chi connectivity index (χ0v) is 27.7. The summed E-state index contributed by atoms with van der Waals surface area (Å²) in [4.78, 5) is 4.52. The molecule has 2 aromatic heterocycles. The van der Waals surface area contributed by atoms with Gasteiger partial charge in [-0.3, -0.25) is 0 Å². The van der Waals surface area contributed by atoms with Gasteiger partial charge < -0.3 is 18.7 Å². The average molecular weight is 652 g/mol. The summed E-state index contributed by atoms with van der Waals surface area (Å²) in [6, 6.07) is 14.0. The van der Waals surface area contributed by atoms with Gasteiger partial charge in [-0.25, -0.2) is 9.37 Å². The van der Waals surface area contributed by atoms with E-state index in [0.29, 0.717) is 33.8 Å². The maximum Gasteiger partial charge on any atom is 0.420 e. The molecule has 1 aliphatic rings. The fourth-order valence-electron chi connectivity index (χ4n) is 5.75. The molecule has 46 heavy (non-hydrogen) atoms. The largest absolute Gasteiger partial charge is 0.435 e. The van der Waals surface area contributed by atoms with Crippen LogP contribution in [0.15, 0.2) is 65.3 Å². The fraction of sp³-hybridized carbons (Fsp3) is 0.382. The number of aryl methyl sites for hydroxylation is 1. The van der Waals surface area contributed by atoms with Crippen LogP contribution in [0.3, 0.4) is 0 Å². The summed E-state index contributed by atoms with van der Waals surface area (Å²) in [6.45, 7) is 10.9. The third-order valence-corrected chi connectivity index (χ3v) is 13.7. The fourth-order valence-corrected chi connectivity index (χ4v) is 7.14. The third-order valence-electron chi connectivity index (χ3n) is 9.21. The first-order chi connectivity index (χ1) is 21.6. The minimum Gasteiger partial charge on any atom is -0.435 e. The van der Waals surface area contributed by atoms with E-state index in [4.69, 9.17) is 8.84 Å². The number of anilines is 1. The molecule has 0 saturated heterocycles. The van der Waals surface area contributed by atoms with Crippen LogP contribution in [0.25, 0.3) is 45.1 Å². The molecule has 0 radical (unpaired) electrons. The highest BCUT2D eigenvalue weighted by molar-refractivity contribution is 6.74. The number of alkyl halides is 3. The lowest BCUT2D eigenvalue weighted by atomic mass is 9.97. The molecule has 2 atom stereocenters. The molecule has 0 spiro atoms. The number of hydrogen-bond donors (Lipinski definition) is 1. The van der Waals surface area contributed by atoms with Crippen LogP contribution in [-0.4, -0.2) is 40.2 Å². The molecule has 1 unspecified atom stereocenters. The Morgan fingerprint density at radius 3 is 2.43 bits per heavy atom. The van der Waals surface area contributed by atoms with E-state index in [-0.39, 0.29) is 34.2 Å². The Kier molecular flexibility index (Phi) is 8.08. The Morgan fingerprint density at radius 2 is 1.74 bits per heavy atom. The van der Waals surface area contributed by atoms with Crippen molar-refractivity contribution in [2.75, 3.05) is 5.32 Å². The molecule has 5 aromatic rings. The number of benzene rings is 3. The third kappa shape index (κ3) is 6.20. The lowest BCUT2D eigenvalue weighted by molar-refractivity contribution is -0.136. The van der Waals surface area contributed by atoms with Crippen molar-refractivity contribution >= 4 is 25.1 Å². The zero-order chi connectivity index (χ0) is 33.0. The lowest BCUT2D eigenvalue weighted by Gasteiger charge is -2.40. The Hall–Kier alpha value is -4.03. The van der Waals surface area contributed by atoms with E-state index in [9.17, 15) is 17.6 Å². The van der Waals surface area contributed by atoms with Crippen molar-refractivity contribution in [2.24, 2.45) is 7.05 Å². The summed E-state index contributed by atoms with van der Waals surface area (Å²) in [5, 5.41) is 11.4. The monoisotopic (exact) mass is 651 g/mol. The Bertz CT molecular complexity index is 1890. The van der Waals surface area contributed by atoms with Gasteiger partial charge in [-0.05, 0) is 84.9 Å². The second-order valence-corrected chi connectivity index (χ2v) is 18.3. The number of halogens is 4. The topological polar surface area (TPSA) is 78.0 Å². The van der Waals surface area contributed by atoms with Gasteiger partial charge in [0.25, 0.3) is 0 Å². The number of hydrogen-bond acceptors (Lipinski definition) is 6. The van der Waals surface area contributed by atoms with Gasteiger partial charge in [-0.15, -0.1) is 10.2 Å². The molecule has 1 N–H and O–H groups in total. The van der Waals surface area contributed by atoms with E-state index in [1.807, 2.05) is 6.07 Å². The van der Waals surface area contributed by atoms with E-state index in [2.05, 4.69) is 54.4 Å². The van der Waals surface area contributed by atoms with Crippen molar-refractivity contribution in [3.63, 3.8) is 0 Å². The Morgan fingerprint density at radius 1 is 0.978 bits per heavy atom. The molecule has 12 heteroatoms. The molecular weight excluding hydrogens is 614 g/mol. The normalized spacial score (nSPS) is 17.6. The van der Waals surface area contributed by atoms with Crippen molar-refractivity contribution in [2.45, 2.75) is 76.5 Å². The smallest absolute Gasteiger partial charge is 0.420 e. The van der Waals surface area contributed by atoms with Crippen LogP contribution in [0, 0.1) is 5.82 Å². The molecule has 7 nitrogen and oxygen atoms in total. The summed E-state index contributed by atoms with van der Waals surface area (Å²) < 4.78 is 71.7. The molecule has 242 valence electrons. The molecule has 1 saturated carbocycles. The van der Waals surface area contributed by atoms with Crippen LogP contribution in [0.2, 0.25) is 18.1 Å². The van der Waals surface area contributed by atoms with Gasteiger partial charge in [0, 0.05) is 23.9 Å². The van der Waals surface area contributed by atoms with Crippen LogP contribution in [0.5, 0.6) is 0 Å². The van der Waals surface area contributed by atoms with Gasteiger partial charge in [0.15, 0.2) is 19.7 Å². The predicted octanol–water partition coefficient (Wildman–Crippen LogP) is 9.47. The summed E-state index contributed by atoms with van der Waals surface area (Å²) in [5.41, 5.74) is 1.54. The van der Waals surface area contributed by atoms with E-state index in [0.717, 1.165) is 25.3 Å². The van der Waals surface area contributed by atoms with Gasteiger partial charge in [0.05, 0.1) is 12.1 Å². The quantitative estimate of drug-likeness (QED) is 0.140. The van der Waals surface area contributed by atoms with Crippen molar-refractivity contribution in [3.05, 3.63) is 72.3 Å². The first kappa shape index (κ1) is 31.9. The molecule has 0 bridgehead atoms. The van der Waals surface area contributed by atoms with Crippen LogP contribution in [0.1, 0.15) is 45.6 Å². The van der Waals surface area contributed by atoms with Gasteiger partial charge >= 0.3 is 6.18 Å². The van der Waals surface area contributed by atoms with E-state index < -0.39 is 25.9 Å². The summed E-state index contributed by atoms with van der Waals surface area (Å²) in [6.07, 6.45) is -0.638. The van der Waals surface area contributed by atoms with E-state index in [1.165, 1.54) is 18.5 Å². The van der Waals surface area contributed by atoms with Gasteiger partial charge in [0.1, 0.15) is 23.2 Å². The first-order valence-electron chi connectivity index (χ1n) is 15.3. The summed E-state index contributed by atoms with van der Waals surface area (Å²) in [5.74, 6) is 0.0779. The second kappa shape index (κ2) is 11.6. The van der Waals surface area contributed by atoms with Crippen molar-refractivity contribution < 1.29 is 26.4 Å². The molecule has 0 amide bonds. The van der Waals surface area contributed by atoms with Gasteiger partial charge in [0.2, 0.25) is 5.89 Å². The predicted molar refractivity (Wildman–Crippen MR) is 173 cm³/mol. The maximum atomic E-state index is 14.4. The minimum atomic E-state index is -4.67. The number of fused-ring (bicyclic) bond motifs is 1. The maximum absolute atomic E-state index is 14.4. The SMILES string of the molecule is Cn1cnnc1-c1cc(F)ccc1-c1cccc(-c2nc3cc(N[C@@H]4CCCC4O[Si](C)(C)C(C)(C)C)cc(C(F)(F)F)c3o2)c1. The molecular formula is C34H37F4N5O2Si. The molecule has 2 heterocycles. The first-order valence-corrected chi connectivity index (χ1v) is 18.2. The lowest BCUT2D eigenvalue weighted by Crippen LogP contribution is -2.47. The number of nitrogens with one attached hydrogen (secondary N) is 1. The van der Waals surface area contributed by atoms with Gasteiger partial charge in [-0.1, -0.05) is 39.0 Å². The number of rotatable bonds is 7. The van der Waals surface area contributed by atoms with Gasteiger partial charge in [-0.2, -0.15) is 13.2 Å². The van der Waals surface area contributed by atoms with E-state index in [1.54, 1.807) is 41.9 Å². The van der Waals surface area contributed by atoms with Crippen LogP contribution >= 0.6 is 0 Å². The average Bonchev–Trinajstić information content (AvgIpc) is 3.71. The molecule has 1 fully saturated rings. The second-order valence-electron chi connectivity index (χ2n) is 13.5. The number of aromatic nitrogens is 4. The summed E-state index contributed by atoms with van der Waals surface area (Å²) >= 11 is 0. The zero-order valence-electron chi connectivity index (χ0n) is 26.7. The number of oxazole rings is 1. The highest BCUT2D eigenvalue weighted by atomic mass is 28.4.